The molecule has 7 aromatic carbocycles. The maximum absolute atomic E-state index is 5.20. The van der Waals surface area contributed by atoms with Gasteiger partial charge in [0.1, 0.15) is 0 Å². The van der Waals surface area contributed by atoms with E-state index in [2.05, 4.69) is 156 Å². The van der Waals surface area contributed by atoms with Gasteiger partial charge in [0.25, 0.3) is 0 Å². The van der Waals surface area contributed by atoms with Gasteiger partial charge in [-0.15, -0.1) is 0 Å². The summed E-state index contributed by atoms with van der Waals surface area (Å²) in [6, 6.07) is 51.0. The van der Waals surface area contributed by atoms with Crippen molar-refractivity contribution in [3.05, 3.63) is 155 Å². The second kappa shape index (κ2) is 10.4. The Hall–Kier alpha value is -4.93. The van der Waals surface area contributed by atoms with Crippen LogP contribution in [0.2, 0.25) is 0 Å². The molecule has 1 nitrogen and oxygen atoms in total. The predicted molar refractivity (Wildman–Crippen MR) is 198 cm³/mol. The number of halogens is 1. The fourth-order valence-corrected chi connectivity index (χ4v) is 8.94. The van der Waals surface area contributed by atoms with E-state index in [0.717, 1.165) is 16.8 Å². The molecule has 0 radical (unpaired) electrons. The molecule has 1 aliphatic rings. The van der Waals surface area contributed by atoms with E-state index in [1.807, 2.05) is 0 Å². The zero-order chi connectivity index (χ0) is 29.0. The highest BCUT2D eigenvalue weighted by Crippen LogP contribution is 2.44. The highest BCUT2D eigenvalue weighted by atomic mass is 127. The lowest BCUT2D eigenvalue weighted by molar-refractivity contribution is 1.38. The molecule has 8 aromatic rings. The second-order valence-corrected chi connectivity index (χ2v) is 13.7. The highest BCUT2D eigenvalue weighted by Gasteiger charge is 2.17. The monoisotopic (exact) mass is 671 g/mol. The lowest BCUT2D eigenvalue weighted by Gasteiger charge is -2.18. The molecule has 2 heteroatoms. The van der Waals surface area contributed by atoms with Crippen molar-refractivity contribution in [1.82, 2.24) is 4.98 Å². The average molecular weight is 672 g/mol. The number of aromatic nitrogens is 1. The van der Waals surface area contributed by atoms with E-state index in [1.165, 1.54) is 69.1 Å². The van der Waals surface area contributed by atoms with Crippen LogP contribution in [0, 0.1) is 3.57 Å². The van der Waals surface area contributed by atoms with Gasteiger partial charge in [0.2, 0.25) is 0 Å². The normalized spacial score (nSPS) is 12.5. The molecule has 0 unspecified atom stereocenters. The second-order valence-electron chi connectivity index (χ2n) is 11.3. The SMILES string of the molecule is C1=Cc2ccc3ccc(-c4ccc(-c5c6ccccc6c(-c6ccc7ccccc7c6)c6ccccc56)cc4)nc3c2I=C1. The molecule has 0 saturated heterocycles. The predicted octanol–water partition coefficient (Wildman–Crippen LogP) is 11.7. The molecule has 0 fully saturated rings. The molecule has 0 saturated carbocycles. The van der Waals surface area contributed by atoms with E-state index in [-0.39, 0.29) is 20.7 Å². The minimum Gasteiger partial charge on any atom is -0.247 e. The van der Waals surface area contributed by atoms with Crippen LogP contribution in [0.1, 0.15) is 5.56 Å². The Labute approximate surface area is 265 Å². The molecule has 0 spiro atoms. The number of benzene rings is 7. The molecule has 0 bridgehead atoms. The minimum atomic E-state index is -0.165. The Bertz CT molecular complexity index is 2430. The molecule has 0 N–H and O–H groups in total. The Morgan fingerprint density at radius 2 is 1.02 bits per heavy atom. The van der Waals surface area contributed by atoms with Gasteiger partial charge in [-0.05, 0) is 76.3 Å². The van der Waals surface area contributed by atoms with Crippen molar-refractivity contribution in [2.75, 3.05) is 0 Å². The van der Waals surface area contributed by atoms with Crippen molar-refractivity contribution >= 4 is 74.0 Å². The average Bonchev–Trinajstić information content (AvgIpc) is 3.10. The van der Waals surface area contributed by atoms with Gasteiger partial charge in [-0.25, -0.2) is 4.98 Å². The van der Waals surface area contributed by atoms with Gasteiger partial charge in [-0.1, -0.05) is 160 Å². The molecule has 9 rings (SSSR count). The lowest BCUT2D eigenvalue weighted by Crippen LogP contribution is -1.93. The van der Waals surface area contributed by atoms with Crippen LogP contribution >= 0.6 is 20.7 Å². The number of pyridine rings is 1. The summed E-state index contributed by atoms with van der Waals surface area (Å²) in [4.78, 5) is 5.20. The van der Waals surface area contributed by atoms with Crippen molar-refractivity contribution < 1.29 is 0 Å². The number of hydrogen-bond donors (Lipinski definition) is 0. The van der Waals surface area contributed by atoms with Crippen molar-refractivity contribution in [2.45, 2.75) is 0 Å². The van der Waals surface area contributed by atoms with Crippen molar-refractivity contribution in [1.29, 1.82) is 0 Å². The fourth-order valence-electron chi connectivity index (χ4n) is 6.72. The van der Waals surface area contributed by atoms with Crippen LogP contribution in [0.5, 0.6) is 0 Å². The first kappa shape index (κ1) is 25.6. The highest BCUT2D eigenvalue weighted by molar-refractivity contribution is 14.2. The number of allylic oxidation sites excluding steroid dienone is 1. The van der Waals surface area contributed by atoms with Gasteiger partial charge in [-0.2, -0.15) is 0 Å². The van der Waals surface area contributed by atoms with E-state index in [1.54, 1.807) is 0 Å². The van der Waals surface area contributed by atoms with E-state index in [9.17, 15) is 0 Å². The summed E-state index contributed by atoms with van der Waals surface area (Å²) in [5, 5.41) is 8.83. The quantitative estimate of drug-likeness (QED) is 0.135. The molecule has 0 atom stereocenters. The Kier molecular flexibility index (Phi) is 6.02. The first-order valence-electron chi connectivity index (χ1n) is 14.9. The summed E-state index contributed by atoms with van der Waals surface area (Å²) >= 11 is -0.165. The van der Waals surface area contributed by atoms with E-state index >= 15 is 0 Å². The zero-order valence-electron chi connectivity index (χ0n) is 23.8. The van der Waals surface area contributed by atoms with Crippen molar-refractivity contribution in [3.8, 4) is 33.5 Å². The van der Waals surface area contributed by atoms with Gasteiger partial charge in [0, 0.05) is 14.5 Å². The summed E-state index contributed by atoms with van der Waals surface area (Å²) < 4.78 is 3.75. The third-order valence-corrected chi connectivity index (χ3v) is 11.3. The molecule has 0 amide bonds. The smallest absolute Gasteiger partial charge is 0.0844 e. The molecule has 44 heavy (non-hydrogen) atoms. The van der Waals surface area contributed by atoms with Crippen LogP contribution in [0.15, 0.2) is 146 Å². The summed E-state index contributed by atoms with van der Waals surface area (Å²) in [6.07, 6.45) is 4.40. The Balaban J connectivity index is 1.22. The molecular formula is C42H26IN. The summed E-state index contributed by atoms with van der Waals surface area (Å²) in [5.41, 5.74) is 9.67. The number of hydrogen-bond acceptors (Lipinski definition) is 1. The largest absolute Gasteiger partial charge is 0.247 e. The van der Waals surface area contributed by atoms with Crippen molar-refractivity contribution in [3.63, 3.8) is 0 Å². The Morgan fingerprint density at radius 1 is 0.455 bits per heavy atom. The van der Waals surface area contributed by atoms with Crippen LogP contribution in [0.4, 0.5) is 0 Å². The standard InChI is InChI=1S/C42H26IN/c1-2-9-32-26-33(22-15-27(32)8-1)40-36-13-5-3-11-34(36)39(35-12-4-6-14-37(35)40)29-18-16-28(17-19-29)38-24-23-31-21-20-30-10-7-25-43-41(30)42(31)44-38/h1-26H. The van der Waals surface area contributed by atoms with Crippen LogP contribution in [-0.2, 0) is 0 Å². The Morgan fingerprint density at radius 3 is 1.75 bits per heavy atom. The molecule has 206 valence electrons. The lowest BCUT2D eigenvalue weighted by atomic mass is 9.85. The van der Waals surface area contributed by atoms with Crippen LogP contribution in [-0.4, -0.2) is 9.00 Å². The molecular weight excluding hydrogens is 645 g/mol. The van der Waals surface area contributed by atoms with Gasteiger partial charge in [0.15, 0.2) is 0 Å². The first-order valence-corrected chi connectivity index (χ1v) is 17.2. The minimum absolute atomic E-state index is 0.165. The molecule has 1 aliphatic heterocycles. The third-order valence-electron chi connectivity index (χ3n) is 8.79. The molecule has 0 aliphatic carbocycles. The van der Waals surface area contributed by atoms with E-state index in [0.29, 0.717) is 0 Å². The van der Waals surface area contributed by atoms with Crippen LogP contribution in [0.3, 0.4) is 0 Å². The fraction of sp³-hybridized carbons (Fsp3) is 0. The molecule has 1 aromatic heterocycles. The van der Waals surface area contributed by atoms with E-state index < -0.39 is 0 Å². The number of fused-ring (bicyclic) bond motifs is 6. The third kappa shape index (κ3) is 4.13. The van der Waals surface area contributed by atoms with Crippen molar-refractivity contribution in [2.24, 2.45) is 0 Å². The number of rotatable bonds is 3. The van der Waals surface area contributed by atoms with Gasteiger partial charge < -0.3 is 0 Å². The number of nitrogens with zero attached hydrogens (tertiary/aromatic N) is 1. The van der Waals surface area contributed by atoms with Crippen LogP contribution in [0.25, 0.3) is 82.8 Å². The molecule has 2 heterocycles. The topological polar surface area (TPSA) is 12.9 Å². The summed E-state index contributed by atoms with van der Waals surface area (Å²) in [6.45, 7) is 0. The van der Waals surface area contributed by atoms with Gasteiger partial charge >= 0.3 is 0 Å². The van der Waals surface area contributed by atoms with E-state index in [4.69, 9.17) is 4.98 Å². The van der Waals surface area contributed by atoms with Crippen LogP contribution < -0.4 is 0 Å². The zero-order valence-corrected chi connectivity index (χ0v) is 26.0. The summed E-state index contributed by atoms with van der Waals surface area (Å²) in [5.74, 6) is 0. The summed E-state index contributed by atoms with van der Waals surface area (Å²) in [7, 11) is 0. The maximum atomic E-state index is 5.20. The van der Waals surface area contributed by atoms with Gasteiger partial charge in [-0.3, -0.25) is 0 Å². The van der Waals surface area contributed by atoms with Gasteiger partial charge in [0.05, 0.1) is 11.2 Å². The first-order chi connectivity index (χ1) is 21.8. The maximum Gasteiger partial charge on any atom is 0.0844 e.